The third-order valence-electron chi connectivity index (χ3n) is 3.44. The Balaban J connectivity index is 1.71. The topological polar surface area (TPSA) is 41.1 Å². The van der Waals surface area contributed by atoms with E-state index >= 15 is 0 Å². The van der Waals surface area contributed by atoms with Gasteiger partial charge in [-0.3, -0.25) is 0 Å². The highest BCUT2D eigenvalue weighted by atomic mass is 35.5. The Morgan fingerprint density at radius 1 is 1.10 bits per heavy atom. The van der Waals surface area contributed by atoms with Crippen molar-refractivity contribution in [3.05, 3.63) is 52.8 Å². The summed E-state index contributed by atoms with van der Waals surface area (Å²) in [5.41, 5.74) is 2.18. The van der Waals surface area contributed by atoms with Crippen molar-refractivity contribution in [2.45, 2.75) is 6.42 Å². The van der Waals surface area contributed by atoms with Gasteiger partial charge >= 0.3 is 0 Å². The quantitative estimate of drug-likeness (QED) is 0.939. The molecule has 1 fully saturated rings. The highest BCUT2D eigenvalue weighted by Crippen LogP contribution is 2.18. The molecule has 3 rings (SSSR count). The Kier molecular flexibility index (Phi) is 4.14. The highest BCUT2D eigenvalue weighted by molar-refractivity contribution is 6.31. The van der Waals surface area contributed by atoms with Gasteiger partial charge in [0.05, 0.1) is 0 Å². The summed E-state index contributed by atoms with van der Waals surface area (Å²) in [5.74, 6) is 0.814. The second kappa shape index (κ2) is 6.20. The average Bonchev–Trinajstić information content (AvgIpc) is 2.51. The molecule has 5 heteroatoms. The van der Waals surface area contributed by atoms with Crippen molar-refractivity contribution < 1.29 is 0 Å². The van der Waals surface area contributed by atoms with Gasteiger partial charge in [-0.1, -0.05) is 29.8 Å². The van der Waals surface area contributed by atoms with Gasteiger partial charge in [0.25, 0.3) is 0 Å². The van der Waals surface area contributed by atoms with Crippen LogP contribution in [0.2, 0.25) is 5.02 Å². The Morgan fingerprint density at radius 3 is 2.50 bits per heavy atom. The predicted molar refractivity (Wildman–Crippen MR) is 81.4 cm³/mol. The van der Waals surface area contributed by atoms with Crippen molar-refractivity contribution in [1.82, 2.24) is 15.3 Å². The van der Waals surface area contributed by atoms with E-state index in [-0.39, 0.29) is 0 Å². The molecule has 0 bridgehead atoms. The minimum absolute atomic E-state index is 0.765. The van der Waals surface area contributed by atoms with Crippen LogP contribution >= 0.6 is 11.6 Å². The molecule has 104 valence electrons. The summed E-state index contributed by atoms with van der Waals surface area (Å²) in [5, 5.41) is 4.11. The lowest BCUT2D eigenvalue weighted by Gasteiger charge is -2.27. The van der Waals surface area contributed by atoms with Crippen LogP contribution in [-0.2, 0) is 6.42 Å². The fraction of sp³-hybridized carbons (Fsp3) is 0.333. The van der Waals surface area contributed by atoms with E-state index < -0.39 is 0 Å². The lowest BCUT2D eigenvalue weighted by Crippen LogP contribution is -2.44. The van der Waals surface area contributed by atoms with Gasteiger partial charge in [-0.05, 0) is 17.2 Å². The molecule has 0 radical (unpaired) electrons. The molecular weight excluding hydrogens is 272 g/mol. The first-order valence-electron chi connectivity index (χ1n) is 6.83. The Morgan fingerprint density at radius 2 is 1.80 bits per heavy atom. The monoisotopic (exact) mass is 288 g/mol. The van der Waals surface area contributed by atoms with E-state index in [0.29, 0.717) is 0 Å². The molecule has 0 amide bonds. The van der Waals surface area contributed by atoms with Crippen LogP contribution in [0.15, 0.2) is 36.7 Å². The summed E-state index contributed by atoms with van der Waals surface area (Å²) in [6, 6.07) is 7.88. The van der Waals surface area contributed by atoms with E-state index in [1.54, 1.807) is 0 Å². The van der Waals surface area contributed by atoms with E-state index in [1.165, 1.54) is 0 Å². The molecule has 1 aromatic heterocycles. The average molecular weight is 289 g/mol. The van der Waals surface area contributed by atoms with Crippen LogP contribution in [0.4, 0.5) is 5.95 Å². The summed E-state index contributed by atoms with van der Waals surface area (Å²) in [6.45, 7) is 3.91. The molecule has 0 unspecified atom stereocenters. The summed E-state index contributed by atoms with van der Waals surface area (Å²) < 4.78 is 0. The number of anilines is 1. The summed E-state index contributed by atoms with van der Waals surface area (Å²) in [6.07, 6.45) is 4.56. The van der Waals surface area contributed by atoms with E-state index in [1.807, 2.05) is 36.7 Å². The third-order valence-corrected chi connectivity index (χ3v) is 3.81. The predicted octanol–water partition coefficient (Wildman–Crippen LogP) is 2.13. The number of halogens is 1. The molecule has 1 aliphatic rings. The molecule has 20 heavy (non-hydrogen) atoms. The molecule has 0 saturated carbocycles. The van der Waals surface area contributed by atoms with E-state index in [4.69, 9.17) is 11.6 Å². The minimum Gasteiger partial charge on any atom is -0.338 e. The zero-order valence-electron chi connectivity index (χ0n) is 11.2. The first-order chi connectivity index (χ1) is 9.83. The van der Waals surface area contributed by atoms with Crippen LogP contribution in [0, 0.1) is 0 Å². The largest absolute Gasteiger partial charge is 0.338 e. The number of benzene rings is 1. The standard InChI is InChI=1S/C15H17ClN4/c16-14-4-2-1-3-13(14)9-12-10-18-15(19-11-12)20-7-5-17-6-8-20/h1-4,10-11,17H,5-9H2. The van der Waals surface area contributed by atoms with Crippen molar-refractivity contribution in [2.75, 3.05) is 31.1 Å². The van der Waals surface area contributed by atoms with Gasteiger partial charge in [0, 0.05) is 50.0 Å². The molecule has 1 aromatic carbocycles. The number of hydrogen-bond acceptors (Lipinski definition) is 4. The molecule has 0 atom stereocenters. The molecule has 4 nitrogen and oxygen atoms in total. The zero-order valence-corrected chi connectivity index (χ0v) is 12.0. The van der Waals surface area contributed by atoms with Gasteiger partial charge in [0.2, 0.25) is 5.95 Å². The van der Waals surface area contributed by atoms with Crippen LogP contribution in [-0.4, -0.2) is 36.1 Å². The number of hydrogen-bond donors (Lipinski definition) is 1. The van der Waals surface area contributed by atoms with Gasteiger partial charge in [0.1, 0.15) is 0 Å². The van der Waals surface area contributed by atoms with Gasteiger partial charge in [-0.2, -0.15) is 0 Å². The van der Waals surface area contributed by atoms with E-state index in [9.17, 15) is 0 Å². The van der Waals surface area contributed by atoms with Crippen LogP contribution in [0.1, 0.15) is 11.1 Å². The van der Waals surface area contributed by atoms with Crippen molar-refractivity contribution in [3.63, 3.8) is 0 Å². The molecule has 1 saturated heterocycles. The molecule has 0 spiro atoms. The Bertz CT molecular complexity index is 564. The van der Waals surface area contributed by atoms with Crippen molar-refractivity contribution in [2.24, 2.45) is 0 Å². The maximum atomic E-state index is 6.17. The van der Waals surface area contributed by atoms with Gasteiger partial charge in [-0.25, -0.2) is 9.97 Å². The number of rotatable bonds is 3. The second-order valence-electron chi connectivity index (χ2n) is 4.90. The molecular formula is C15H17ClN4. The minimum atomic E-state index is 0.765. The zero-order chi connectivity index (χ0) is 13.8. The van der Waals surface area contributed by atoms with Crippen LogP contribution < -0.4 is 10.2 Å². The Labute approximate surface area is 123 Å². The van der Waals surface area contributed by atoms with Crippen LogP contribution in [0.5, 0.6) is 0 Å². The lowest BCUT2D eigenvalue weighted by atomic mass is 10.1. The van der Waals surface area contributed by atoms with Crippen molar-refractivity contribution in [3.8, 4) is 0 Å². The maximum absolute atomic E-state index is 6.17. The first kappa shape index (κ1) is 13.3. The Hall–Kier alpha value is -1.65. The normalized spacial score (nSPS) is 15.3. The first-order valence-corrected chi connectivity index (χ1v) is 7.21. The number of nitrogens with one attached hydrogen (secondary N) is 1. The molecule has 0 aliphatic carbocycles. The van der Waals surface area contributed by atoms with Gasteiger partial charge in [0.15, 0.2) is 0 Å². The van der Waals surface area contributed by atoms with Crippen LogP contribution in [0.3, 0.4) is 0 Å². The molecule has 2 aromatic rings. The second-order valence-corrected chi connectivity index (χ2v) is 5.30. The fourth-order valence-corrected chi connectivity index (χ4v) is 2.53. The third kappa shape index (κ3) is 3.08. The molecule has 1 N–H and O–H groups in total. The smallest absolute Gasteiger partial charge is 0.225 e. The number of piperazine rings is 1. The SMILES string of the molecule is Clc1ccccc1Cc1cnc(N2CCNCC2)nc1. The molecule has 2 heterocycles. The van der Waals surface area contributed by atoms with Gasteiger partial charge < -0.3 is 10.2 Å². The summed E-state index contributed by atoms with van der Waals surface area (Å²) in [4.78, 5) is 11.1. The highest BCUT2D eigenvalue weighted by Gasteiger charge is 2.12. The van der Waals surface area contributed by atoms with Gasteiger partial charge in [-0.15, -0.1) is 0 Å². The number of nitrogens with zero attached hydrogens (tertiary/aromatic N) is 3. The summed E-state index contributed by atoms with van der Waals surface area (Å²) >= 11 is 6.17. The fourth-order valence-electron chi connectivity index (χ4n) is 2.33. The van der Waals surface area contributed by atoms with Crippen LogP contribution in [0.25, 0.3) is 0 Å². The number of aromatic nitrogens is 2. The lowest BCUT2D eigenvalue weighted by molar-refractivity contribution is 0.579. The molecule has 1 aliphatic heterocycles. The maximum Gasteiger partial charge on any atom is 0.225 e. The summed E-state index contributed by atoms with van der Waals surface area (Å²) in [7, 11) is 0. The van der Waals surface area contributed by atoms with E-state index in [0.717, 1.165) is 54.7 Å². The van der Waals surface area contributed by atoms with Crippen molar-refractivity contribution >= 4 is 17.5 Å². The van der Waals surface area contributed by atoms with E-state index in [2.05, 4.69) is 20.2 Å². The van der Waals surface area contributed by atoms with Crippen molar-refractivity contribution in [1.29, 1.82) is 0 Å².